The first-order valence-corrected chi connectivity index (χ1v) is 9.67. The maximum Gasteiger partial charge on any atom is 0.00979 e. The molecule has 2 heteroatoms. The Morgan fingerprint density at radius 3 is 2.42 bits per heavy atom. The Bertz CT molecular complexity index is 250. The van der Waals surface area contributed by atoms with Crippen molar-refractivity contribution in [1.82, 2.24) is 5.32 Å². The Hall–Kier alpha value is 0.310. The molecule has 1 aliphatic heterocycles. The van der Waals surface area contributed by atoms with Crippen LogP contribution in [0.4, 0.5) is 0 Å². The monoisotopic (exact) mass is 283 g/mol. The van der Waals surface area contributed by atoms with Crippen molar-refractivity contribution in [2.45, 2.75) is 65.3 Å². The van der Waals surface area contributed by atoms with Crippen LogP contribution in [-0.2, 0) is 0 Å². The van der Waals surface area contributed by atoms with Crippen LogP contribution in [0.25, 0.3) is 0 Å². The molecular formula is C17H33NS. The van der Waals surface area contributed by atoms with Crippen LogP contribution < -0.4 is 5.32 Å². The Morgan fingerprint density at radius 2 is 1.79 bits per heavy atom. The molecule has 2 fully saturated rings. The highest BCUT2D eigenvalue weighted by Gasteiger charge is 2.31. The van der Waals surface area contributed by atoms with Crippen LogP contribution in [-0.4, -0.2) is 24.1 Å². The van der Waals surface area contributed by atoms with E-state index in [9.17, 15) is 0 Å². The lowest BCUT2D eigenvalue weighted by Crippen LogP contribution is -2.41. The second-order valence-corrected chi connectivity index (χ2v) is 8.21. The van der Waals surface area contributed by atoms with Gasteiger partial charge in [-0.3, -0.25) is 0 Å². The highest BCUT2D eigenvalue weighted by Crippen LogP contribution is 2.37. The molecule has 1 nitrogen and oxygen atoms in total. The van der Waals surface area contributed by atoms with Gasteiger partial charge in [-0.2, -0.15) is 11.8 Å². The maximum absolute atomic E-state index is 3.83. The minimum Gasteiger partial charge on any atom is -0.314 e. The van der Waals surface area contributed by atoms with Gasteiger partial charge in [0, 0.05) is 6.04 Å². The Labute approximate surface area is 124 Å². The first-order valence-electron chi connectivity index (χ1n) is 8.51. The molecule has 4 unspecified atom stereocenters. The van der Waals surface area contributed by atoms with Crippen LogP contribution in [0.3, 0.4) is 0 Å². The van der Waals surface area contributed by atoms with Gasteiger partial charge in [0.2, 0.25) is 0 Å². The van der Waals surface area contributed by atoms with Crippen LogP contribution in [0.1, 0.15) is 59.3 Å². The van der Waals surface area contributed by atoms with Crippen LogP contribution in [0, 0.1) is 23.7 Å². The Kier molecular flexibility index (Phi) is 6.55. The summed E-state index contributed by atoms with van der Waals surface area (Å²) in [5, 5.41) is 3.83. The molecule has 1 N–H and O–H groups in total. The van der Waals surface area contributed by atoms with E-state index in [4.69, 9.17) is 0 Å². The molecule has 0 aromatic carbocycles. The third-order valence-corrected chi connectivity index (χ3v) is 6.65. The van der Waals surface area contributed by atoms with Crippen LogP contribution in [0.15, 0.2) is 0 Å². The van der Waals surface area contributed by atoms with E-state index in [2.05, 4.69) is 37.8 Å². The van der Waals surface area contributed by atoms with Crippen molar-refractivity contribution in [2.24, 2.45) is 23.7 Å². The van der Waals surface area contributed by atoms with E-state index in [0.29, 0.717) is 0 Å². The fourth-order valence-electron chi connectivity index (χ4n) is 4.00. The summed E-state index contributed by atoms with van der Waals surface area (Å²) in [6, 6.07) is 0.799. The minimum absolute atomic E-state index is 0.799. The van der Waals surface area contributed by atoms with Crippen molar-refractivity contribution < 1.29 is 0 Å². The van der Waals surface area contributed by atoms with Crippen molar-refractivity contribution in [3.63, 3.8) is 0 Å². The molecule has 1 heterocycles. The van der Waals surface area contributed by atoms with Crippen LogP contribution >= 0.6 is 11.8 Å². The van der Waals surface area contributed by atoms with E-state index in [-0.39, 0.29) is 0 Å². The molecule has 19 heavy (non-hydrogen) atoms. The van der Waals surface area contributed by atoms with Crippen LogP contribution in [0.5, 0.6) is 0 Å². The largest absolute Gasteiger partial charge is 0.314 e. The van der Waals surface area contributed by atoms with Gasteiger partial charge >= 0.3 is 0 Å². The van der Waals surface area contributed by atoms with Gasteiger partial charge in [0.15, 0.2) is 0 Å². The maximum atomic E-state index is 3.83. The Morgan fingerprint density at radius 1 is 1.05 bits per heavy atom. The van der Waals surface area contributed by atoms with Gasteiger partial charge in [-0.25, -0.2) is 0 Å². The first-order chi connectivity index (χ1) is 9.20. The van der Waals surface area contributed by atoms with Gasteiger partial charge in [-0.15, -0.1) is 0 Å². The van der Waals surface area contributed by atoms with Gasteiger partial charge in [-0.1, -0.05) is 27.2 Å². The van der Waals surface area contributed by atoms with Gasteiger partial charge in [0.25, 0.3) is 0 Å². The lowest BCUT2D eigenvalue weighted by atomic mass is 9.71. The topological polar surface area (TPSA) is 12.0 Å². The summed E-state index contributed by atoms with van der Waals surface area (Å²) in [6.07, 6.45) is 8.75. The smallest absolute Gasteiger partial charge is 0.00979 e. The number of hydrogen-bond donors (Lipinski definition) is 1. The molecule has 2 aliphatic rings. The van der Waals surface area contributed by atoms with E-state index >= 15 is 0 Å². The van der Waals surface area contributed by atoms with Gasteiger partial charge in [0.05, 0.1) is 0 Å². The minimum atomic E-state index is 0.799. The third-order valence-electron chi connectivity index (χ3n) is 5.60. The highest BCUT2D eigenvalue weighted by molar-refractivity contribution is 7.99. The summed E-state index contributed by atoms with van der Waals surface area (Å²) in [5.41, 5.74) is 0. The molecule has 0 aromatic rings. The fourth-order valence-corrected chi connectivity index (χ4v) is 5.20. The van der Waals surface area contributed by atoms with Crippen molar-refractivity contribution in [2.75, 3.05) is 18.1 Å². The van der Waals surface area contributed by atoms with Gasteiger partial charge < -0.3 is 5.32 Å². The lowest BCUT2D eigenvalue weighted by Gasteiger charge is -2.39. The van der Waals surface area contributed by atoms with E-state index in [1.54, 1.807) is 0 Å². The molecule has 0 spiro atoms. The summed E-state index contributed by atoms with van der Waals surface area (Å²) < 4.78 is 0. The second-order valence-electron chi connectivity index (χ2n) is 6.98. The van der Waals surface area contributed by atoms with Crippen LogP contribution in [0.2, 0.25) is 0 Å². The molecule has 112 valence electrons. The molecule has 0 radical (unpaired) electrons. The number of rotatable bonds is 5. The SMILES string of the molecule is CCNC(CC1CCSCC1)C1CCC(C)C(C)C1. The zero-order valence-electron chi connectivity index (χ0n) is 13.2. The third kappa shape index (κ3) is 4.67. The number of nitrogens with one attached hydrogen (secondary N) is 1. The van der Waals surface area contributed by atoms with Crippen molar-refractivity contribution >= 4 is 11.8 Å². The molecule has 0 aromatic heterocycles. The molecule has 2 rings (SSSR count). The molecule has 0 bridgehead atoms. The molecule has 1 saturated carbocycles. The van der Waals surface area contributed by atoms with Crippen molar-refractivity contribution in [3.05, 3.63) is 0 Å². The summed E-state index contributed by atoms with van der Waals surface area (Å²) in [6.45, 7) is 8.34. The normalized spacial score (nSPS) is 35.2. The quantitative estimate of drug-likeness (QED) is 0.793. The number of thioether (sulfide) groups is 1. The number of hydrogen-bond acceptors (Lipinski definition) is 2. The standard InChI is InChI=1S/C17H33NS/c1-4-18-17(12-15-7-9-19-10-8-15)16-6-5-13(2)14(3)11-16/h13-18H,4-12H2,1-3H3. The summed E-state index contributed by atoms with van der Waals surface area (Å²) in [7, 11) is 0. The molecular weight excluding hydrogens is 250 g/mol. The van der Waals surface area contributed by atoms with E-state index in [1.165, 1.54) is 50.0 Å². The molecule has 1 saturated heterocycles. The predicted octanol–water partition coefficient (Wildman–Crippen LogP) is 4.57. The van der Waals surface area contributed by atoms with Gasteiger partial charge in [0.1, 0.15) is 0 Å². The van der Waals surface area contributed by atoms with E-state index in [1.807, 2.05) is 0 Å². The highest BCUT2D eigenvalue weighted by atomic mass is 32.2. The molecule has 4 atom stereocenters. The summed E-state index contributed by atoms with van der Waals surface area (Å²) in [5.74, 6) is 6.63. The summed E-state index contributed by atoms with van der Waals surface area (Å²) >= 11 is 2.15. The fraction of sp³-hybridized carbons (Fsp3) is 1.00. The Balaban J connectivity index is 1.87. The van der Waals surface area contributed by atoms with Crippen molar-refractivity contribution in [1.29, 1.82) is 0 Å². The van der Waals surface area contributed by atoms with Crippen molar-refractivity contribution in [3.8, 4) is 0 Å². The zero-order valence-corrected chi connectivity index (χ0v) is 14.0. The summed E-state index contributed by atoms with van der Waals surface area (Å²) in [4.78, 5) is 0. The van der Waals surface area contributed by atoms with E-state index < -0.39 is 0 Å². The second kappa shape index (κ2) is 7.93. The average molecular weight is 284 g/mol. The average Bonchev–Trinajstić information content (AvgIpc) is 2.43. The zero-order chi connectivity index (χ0) is 13.7. The lowest BCUT2D eigenvalue weighted by molar-refractivity contribution is 0.156. The first kappa shape index (κ1) is 15.7. The predicted molar refractivity (Wildman–Crippen MR) is 87.8 cm³/mol. The molecule has 0 amide bonds. The molecule has 1 aliphatic carbocycles. The van der Waals surface area contributed by atoms with E-state index in [0.717, 1.165) is 36.3 Å². The van der Waals surface area contributed by atoms with Gasteiger partial charge in [-0.05, 0) is 73.8 Å².